The van der Waals surface area contributed by atoms with Crippen LogP contribution in [0, 0.1) is 22.7 Å². The summed E-state index contributed by atoms with van der Waals surface area (Å²) in [5.74, 6) is 0.0773. The number of aliphatic hydroxyl groups is 3. The van der Waals surface area contributed by atoms with Gasteiger partial charge in [-0.3, -0.25) is 4.79 Å². The fraction of sp³-hybridized carbons (Fsp3) is 0.864. The number of rotatable bonds is 3. The van der Waals surface area contributed by atoms with Crippen molar-refractivity contribution in [1.29, 1.82) is 0 Å². The van der Waals surface area contributed by atoms with Crippen molar-refractivity contribution in [3.8, 4) is 0 Å². The molecule has 3 N–H and O–H groups in total. The van der Waals surface area contributed by atoms with E-state index in [-0.39, 0.29) is 29.8 Å². The van der Waals surface area contributed by atoms with Gasteiger partial charge in [-0.1, -0.05) is 25.5 Å². The minimum atomic E-state index is -1.52. The molecule has 0 amide bonds. The lowest BCUT2D eigenvalue weighted by atomic mass is 9.45. The van der Waals surface area contributed by atoms with Crippen LogP contribution in [0.25, 0.3) is 0 Å². The Bertz CT molecular complexity index is 674. The average molecular weight is 379 g/mol. The maximum Gasteiger partial charge on any atom is 0.190 e. The zero-order valence-electron chi connectivity index (χ0n) is 16.8. The molecular weight excluding hydrogens is 344 g/mol. The first-order valence-corrected chi connectivity index (χ1v) is 10.5. The molecule has 5 heteroatoms. The van der Waals surface area contributed by atoms with Gasteiger partial charge in [0.1, 0.15) is 12.2 Å². The number of ketones is 1. The molecule has 0 heterocycles. The van der Waals surface area contributed by atoms with Crippen molar-refractivity contribution in [2.45, 2.75) is 82.5 Å². The highest BCUT2D eigenvalue weighted by molar-refractivity contribution is 5.90. The van der Waals surface area contributed by atoms with E-state index in [1.165, 1.54) is 12.7 Å². The molecule has 3 fully saturated rings. The molecule has 0 saturated heterocycles. The van der Waals surface area contributed by atoms with Gasteiger partial charge in [-0.25, -0.2) is 0 Å². The number of carbonyl (C=O) groups is 1. The minimum absolute atomic E-state index is 0.0104. The predicted molar refractivity (Wildman–Crippen MR) is 101 cm³/mol. The summed E-state index contributed by atoms with van der Waals surface area (Å²) < 4.78 is 5.02. The van der Waals surface area contributed by atoms with Crippen LogP contribution in [0.3, 0.4) is 0 Å². The Balaban J connectivity index is 1.71. The second-order valence-electron chi connectivity index (χ2n) is 10.0. The Morgan fingerprint density at radius 3 is 2.59 bits per heavy atom. The van der Waals surface area contributed by atoms with Crippen LogP contribution < -0.4 is 0 Å². The molecule has 0 aromatic heterocycles. The van der Waals surface area contributed by atoms with Crippen LogP contribution in [0.1, 0.15) is 65.2 Å². The summed E-state index contributed by atoms with van der Waals surface area (Å²) in [5.41, 5.74) is -2.05. The van der Waals surface area contributed by atoms with Crippen LogP contribution >= 0.6 is 0 Å². The highest BCUT2D eigenvalue weighted by Crippen LogP contribution is 2.68. The van der Waals surface area contributed by atoms with Crippen LogP contribution in [-0.4, -0.2) is 52.1 Å². The molecule has 4 aliphatic rings. The van der Waals surface area contributed by atoms with Crippen molar-refractivity contribution >= 4 is 5.78 Å². The van der Waals surface area contributed by atoms with Gasteiger partial charge >= 0.3 is 0 Å². The lowest BCUT2D eigenvalue weighted by molar-refractivity contribution is -0.215. The van der Waals surface area contributed by atoms with Gasteiger partial charge in [0, 0.05) is 12.5 Å². The quantitative estimate of drug-likeness (QED) is 0.657. The molecule has 4 rings (SSSR count). The first-order valence-electron chi connectivity index (χ1n) is 10.5. The molecule has 27 heavy (non-hydrogen) atoms. The topological polar surface area (TPSA) is 87.0 Å². The van der Waals surface area contributed by atoms with E-state index in [0.717, 1.165) is 32.1 Å². The lowest BCUT2D eigenvalue weighted by Gasteiger charge is -2.61. The Kier molecular flexibility index (Phi) is 4.44. The first-order chi connectivity index (χ1) is 12.6. The molecule has 0 aromatic rings. The number of carbonyl (C=O) groups excluding carboxylic acids is 1. The van der Waals surface area contributed by atoms with Crippen molar-refractivity contribution in [2.24, 2.45) is 22.7 Å². The second kappa shape index (κ2) is 6.12. The zero-order valence-corrected chi connectivity index (χ0v) is 16.8. The summed E-state index contributed by atoms with van der Waals surface area (Å²) >= 11 is 0. The zero-order chi connectivity index (χ0) is 19.7. The van der Waals surface area contributed by atoms with Gasteiger partial charge in [0.05, 0.1) is 11.7 Å². The molecule has 0 aromatic carbocycles. The van der Waals surface area contributed by atoms with E-state index in [2.05, 4.69) is 13.0 Å². The van der Waals surface area contributed by atoms with Gasteiger partial charge in [-0.15, -0.1) is 0 Å². The monoisotopic (exact) mass is 378 g/mol. The highest BCUT2D eigenvalue weighted by Gasteiger charge is 2.72. The molecule has 5 nitrogen and oxygen atoms in total. The van der Waals surface area contributed by atoms with Gasteiger partial charge in [0.2, 0.25) is 0 Å². The van der Waals surface area contributed by atoms with Gasteiger partial charge in [0.15, 0.2) is 5.78 Å². The third kappa shape index (κ3) is 2.35. The number of hydrogen-bond donors (Lipinski definition) is 3. The maximum absolute atomic E-state index is 12.7. The fourth-order valence-electron chi connectivity index (χ4n) is 7.32. The highest BCUT2D eigenvalue weighted by atomic mass is 16.5. The molecule has 0 spiro atoms. The van der Waals surface area contributed by atoms with Gasteiger partial charge in [-0.2, -0.15) is 0 Å². The first kappa shape index (κ1) is 19.6. The molecule has 0 unspecified atom stereocenters. The summed E-state index contributed by atoms with van der Waals surface area (Å²) in [7, 11) is 1.47. The van der Waals surface area contributed by atoms with E-state index < -0.39 is 16.6 Å². The van der Waals surface area contributed by atoms with Crippen molar-refractivity contribution in [1.82, 2.24) is 0 Å². The summed E-state index contributed by atoms with van der Waals surface area (Å²) in [6.45, 7) is 4.09. The number of fused-ring (bicyclic) bond motifs is 5. The number of Topliss-reactive ketones (excluding diaryl/α,β-unsaturated/α-hetero) is 1. The molecule has 152 valence electrons. The average Bonchev–Trinajstić information content (AvgIpc) is 2.85. The van der Waals surface area contributed by atoms with Crippen molar-refractivity contribution in [3.05, 3.63) is 11.6 Å². The van der Waals surface area contributed by atoms with Crippen molar-refractivity contribution in [2.75, 3.05) is 13.7 Å². The summed E-state index contributed by atoms with van der Waals surface area (Å²) in [6, 6.07) is 0. The third-order valence-corrected chi connectivity index (χ3v) is 9.15. The molecule has 0 aliphatic heterocycles. The largest absolute Gasteiger partial charge is 0.393 e. The number of hydrogen-bond acceptors (Lipinski definition) is 5. The van der Waals surface area contributed by atoms with E-state index in [1.54, 1.807) is 0 Å². The van der Waals surface area contributed by atoms with E-state index in [1.807, 2.05) is 6.92 Å². The Labute approximate surface area is 161 Å². The molecule has 4 aliphatic carbocycles. The van der Waals surface area contributed by atoms with Crippen molar-refractivity contribution < 1.29 is 24.9 Å². The summed E-state index contributed by atoms with van der Waals surface area (Å²) in [4.78, 5) is 12.7. The molecule has 0 bridgehead atoms. The Morgan fingerprint density at radius 2 is 1.89 bits per heavy atom. The van der Waals surface area contributed by atoms with Crippen LogP contribution in [-0.2, 0) is 9.53 Å². The van der Waals surface area contributed by atoms with Crippen LogP contribution in [0.2, 0.25) is 0 Å². The Morgan fingerprint density at radius 1 is 1.15 bits per heavy atom. The van der Waals surface area contributed by atoms with Crippen LogP contribution in [0.15, 0.2) is 11.6 Å². The van der Waals surface area contributed by atoms with Gasteiger partial charge in [-0.05, 0) is 68.6 Å². The Hall–Kier alpha value is -0.750. The van der Waals surface area contributed by atoms with E-state index in [9.17, 15) is 20.1 Å². The van der Waals surface area contributed by atoms with E-state index in [4.69, 9.17) is 4.74 Å². The van der Waals surface area contributed by atoms with Crippen LogP contribution in [0.5, 0.6) is 0 Å². The maximum atomic E-state index is 12.7. The van der Waals surface area contributed by atoms with E-state index in [0.29, 0.717) is 25.2 Å². The normalized spacial score (nSPS) is 51.8. The van der Waals surface area contributed by atoms with E-state index >= 15 is 0 Å². The molecule has 7 atom stereocenters. The van der Waals surface area contributed by atoms with Crippen LogP contribution in [0.4, 0.5) is 0 Å². The summed E-state index contributed by atoms with van der Waals surface area (Å²) in [5, 5.41) is 33.4. The van der Waals surface area contributed by atoms with Gasteiger partial charge in [0.25, 0.3) is 0 Å². The lowest BCUT2D eigenvalue weighted by Crippen LogP contribution is -2.66. The molecule has 3 saturated carbocycles. The number of allylic oxidation sites excluding steroid dienone is 1. The fourth-order valence-corrected chi connectivity index (χ4v) is 7.32. The number of methoxy groups -OCH3 is 1. The van der Waals surface area contributed by atoms with Crippen molar-refractivity contribution in [3.63, 3.8) is 0 Å². The SMILES string of the molecule is COCC(=O)[C@]1(O)CC[C@]2(O)[C@@H]3CC=C4C[C@@H](O)CC[C@]4(C)[C@@H]3CC[C@]12C. The second-order valence-corrected chi connectivity index (χ2v) is 10.0. The summed E-state index contributed by atoms with van der Waals surface area (Å²) in [6.07, 6.45) is 7.55. The predicted octanol–water partition coefficient (Wildman–Crippen LogP) is 2.37. The number of aliphatic hydroxyl groups excluding tert-OH is 1. The molecule has 0 radical (unpaired) electrons. The number of ether oxygens (including phenoxy) is 1. The smallest absolute Gasteiger partial charge is 0.190 e. The molecular formula is C22H34O5. The standard InChI is InChI=1S/C22H34O5/c1-19-8-6-15(23)12-14(19)4-5-17-16(19)7-9-20(2)21(17,25)10-11-22(20,26)18(24)13-27-3/h4,15-17,23,25-26H,5-13H2,1-3H3/t15-,16+,17+,19-,20-,21-,22+/m0/s1. The van der Waals surface area contributed by atoms with Gasteiger partial charge < -0.3 is 20.1 Å². The minimum Gasteiger partial charge on any atom is -0.393 e. The third-order valence-electron chi connectivity index (χ3n) is 9.15.